The third-order valence-electron chi connectivity index (χ3n) is 7.97. The van der Waals surface area contributed by atoms with Gasteiger partial charge < -0.3 is 0 Å². The first-order valence-electron chi connectivity index (χ1n) is 9.97. The van der Waals surface area contributed by atoms with Crippen LogP contribution in [0.25, 0.3) is 0 Å². The molecule has 0 nitrogen and oxygen atoms in total. The Kier molecular flexibility index (Phi) is 4.72. The highest BCUT2D eigenvalue weighted by Crippen LogP contribution is 2.56. The zero-order valence-electron chi connectivity index (χ0n) is 15.1. The molecule has 0 aromatic heterocycles. The van der Waals surface area contributed by atoms with E-state index in [1.165, 1.54) is 25.7 Å². The maximum absolute atomic E-state index is 2.64. The van der Waals surface area contributed by atoms with Gasteiger partial charge >= 0.3 is 0 Å². The molecule has 8 atom stereocenters. The van der Waals surface area contributed by atoms with E-state index < -0.39 is 0 Å². The van der Waals surface area contributed by atoms with Gasteiger partial charge in [0.05, 0.1) is 0 Å². The van der Waals surface area contributed by atoms with Gasteiger partial charge in [-0.25, -0.2) is 0 Å². The first kappa shape index (κ1) is 15.9. The van der Waals surface area contributed by atoms with E-state index in [1.54, 1.807) is 19.3 Å². The second kappa shape index (κ2) is 6.25. The lowest BCUT2D eigenvalue weighted by molar-refractivity contribution is 0.0303. The molecule has 21 heavy (non-hydrogen) atoms. The molecular weight excluding hydrogens is 252 g/mol. The molecule has 0 spiro atoms. The van der Waals surface area contributed by atoms with E-state index in [1.807, 2.05) is 0 Å². The highest BCUT2D eigenvalue weighted by molar-refractivity contribution is 4.97. The van der Waals surface area contributed by atoms with Crippen molar-refractivity contribution in [3.8, 4) is 0 Å². The quantitative estimate of drug-likeness (QED) is 0.564. The normalized spacial score (nSPS) is 48.6. The molecule has 122 valence electrons. The number of rotatable bonds is 3. The molecule has 0 aromatic carbocycles. The van der Waals surface area contributed by atoms with Crippen LogP contribution >= 0.6 is 0 Å². The van der Waals surface area contributed by atoms with Gasteiger partial charge in [-0.05, 0) is 85.4 Å². The fraction of sp³-hybridized carbons (Fsp3) is 1.00. The summed E-state index contributed by atoms with van der Waals surface area (Å²) in [7, 11) is 0. The van der Waals surface area contributed by atoms with Crippen molar-refractivity contribution in [2.75, 3.05) is 0 Å². The lowest BCUT2D eigenvalue weighted by atomic mass is 9.59. The van der Waals surface area contributed by atoms with E-state index in [9.17, 15) is 0 Å². The monoisotopic (exact) mass is 290 g/mol. The maximum Gasteiger partial charge on any atom is -0.0329 e. The van der Waals surface area contributed by atoms with Gasteiger partial charge in [-0.1, -0.05) is 47.5 Å². The van der Waals surface area contributed by atoms with Gasteiger partial charge in [0.25, 0.3) is 0 Å². The molecule has 0 saturated heterocycles. The van der Waals surface area contributed by atoms with Crippen LogP contribution < -0.4 is 0 Å². The largest absolute Gasteiger partial charge is 0.0625 e. The molecule has 3 rings (SSSR count). The number of hydrogen-bond acceptors (Lipinski definition) is 0. The number of fused-ring (bicyclic) bond motifs is 1. The summed E-state index contributed by atoms with van der Waals surface area (Å²) in [6.07, 6.45) is 10.7. The van der Waals surface area contributed by atoms with E-state index in [-0.39, 0.29) is 0 Å². The molecule has 0 heterocycles. The predicted molar refractivity (Wildman–Crippen MR) is 92.1 cm³/mol. The van der Waals surface area contributed by atoms with Crippen LogP contribution in [0.2, 0.25) is 0 Å². The summed E-state index contributed by atoms with van der Waals surface area (Å²) >= 11 is 0. The van der Waals surface area contributed by atoms with Crippen molar-refractivity contribution in [1.82, 2.24) is 0 Å². The van der Waals surface area contributed by atoms with E-state index in [0.29, 0.717) is 0 Å². The van der Waals surface area contributed by atoms with Gasteiger partial charge in [0.1, 0.15) is 0 Å². The molecule has 0 aliphatic heterocycles. The second-order valence-corrected chi connectivity index (χ2v) is 9.57. The molecule has 3 aliphatic rings. The summed E-state index contributed by atoms with van der Waals surface area (Å²) in [5.74, 6) is 9.16. The van der Waals surface area contributed by atoms with E-state index in [2.05, 4.69) is 34.6 Å². The Morgan fingerprint density at radius 3 is 2.14 bits per heavy atom. The van der Waals surface area contributed by atoms with Crippen LogP contribution in [0.3, 0.4) is 0 Å². The summed E-state index contributed by atoms with van der Waals surface area (Å²) < 4.78 is 0. The van der Waals surface area contributed by atoms with E-state index >= 15 is 0 Å². The summed E-state index contributed by atoms with van der Waals surface area (Å²) in [4.78, 5) is 0. The summed E-state index contributed by atoms with van der Waals surface area (Å²) in [6, 6.07) is 0. The maximum atomic E-state index is 2.64. The molecule has 3 fully saturated rings. The van der Waals surface area contributed by atoms with Crippen molar-refractivity contribution in [2.45, 2.75) is 79.6 Å². The molecular formula is C21H38. The van der Waals surface area contributed by atoms with Gasteiger partial charge in [-0.15, -0.1) is 0 Å². The van der Waals surface area contributed by atoms with Gasteiger partial charge in [0.15, 0.2) is 0 Å². The van der Waals surface area contributed by atoms with Crippen LogP contribution in [0.15, 0.2) is 0 Å². The molecule has 0 aromatic rings. The van der Waals surface area contributed by atoms with Crippen LogP contribution in [0.1, 0.15) is 79.6 Å². The minimum Gasteiger partial charge on any atom is -0.0625 e. The first-order valence-corrected chi connectivity index (χ1v) is 9.97. The lowest BCUT2D eigenvalue weighted by Crippen LogP contribution is -2.39. The van der Waals surface area contributed by atoms with Crippen LogP contribution in [0.4, 0.5) is 0 Å². The van der Waals surface area contributed by atoms with Gasteiger partial charge in [-0.2, -0.15) is 0 Å². The minimum atomic E-state index is 0.902. The average molecular weight is 291 g/mol. The van der Waals surface area contributed by atoms with Crippen molar-refractivity contribution in [2.24, 2.45) is 53.3 Å². The van der Waals surface area contributed by atoms with E-state index in [0.717, 1.165) is 53.3 Å². The van der Waals surface area contributed by atoms with Gasteiger partial charge in [0.2, 0.25) is 0 Å². The van der Waals surface area contributed by atoms with Crippen LogP contribution in [0, 0.1) is 53.3 Å². The van der Waals surface area contributed by atoms with Gasteiger partial charge in [0, 0.05) is 0 Å². The van der Waals surface area contributed by atoms with Gasteiger partial charge in [-0.3, -0.25) is 0 Å². The summed E-state index contributed by atoms with van der Waals surface area (Å²) in [5, 5.41) is 0. The molecule has 0 bridgehead atoms. The predicted octanol–water partition coefficient (Wildman–Crippen LogP) is 6.40. The summed E-state index contributed by atoms with van der Waals surface area (Å²) in [5.41, 5.74) is 0. The average Bonchev–Trinajstić information content (AvgIpc) is 3.04. The summed E-state index contributed by atoms with van der Waals surface area (Å²) in [6.45, 7) is 12.6. The van der Waals surface area contributed by atoms with Crippen LogP contribution in [-0.2, 0) is 0 Å². The first-order chi connectivity index (χ1) is 9.97. The third-order valence-corrected chi connectivity index (χ3v) is 7.97. The standard InChI is InChI=1S/C21H38/c1-13(2)19-11-18-9-7-15(4)21(18)20(12-19)16(5)17-8-6-14(3)10-17/h13-21H,6-12H2,1-5H3. The van der Waals surface area contributed by atoms with Crippen molar-refractivity contribution < 1.29 is 0 Å². The SMILES string of the molecule is CC1CCC(C(C)C2CC(C(C)C)CC3CCC(C)C32)C1. The Morgan fingerprint density at radius 2 is 1.52 bits per heavy atom. The highest BCUT2D eigenvalue weighted by Gasteiger charge is 2.47. The zero-order chi connectivity index (χ0) is 15.1. The Balaban J connectivity index is 1.76. The fourth-order valence-corrected chi connectivity index (χ4v) is 6.55. The Labute approximate surface area is 133 Å². The van der Waals surface area contributed by atoms with Crippen molar-refractivity contribution in [3.63, 3.8) is 0 Å². The topological polar surface area (TPSA) is 0 Å². The molecule has 3 aliphatic carbocycles. The molecule has 0 N–H and O–H groups in total. The Bertz CT molecular complexity index is 344. The third kappa shape index (κ3) is 3.06. The Hall–Kier alpha value is 0. The number of hydrogen-bond donors (Lipinski definition) is 0. The molecule has 0 heteroatoms. The minimum absolute atomic E-state index is 0.902. The highest BCUT2D eigenvalue weighted by atomic mass is 14.5. The molecule has 0 radical (unpaired) electrons. The second-order valence-electron chi connectivity index (χ2n) is 9.57. The lowest BCUT2D eigenvalue weighted by Gasteiger charge is -2.46. The zero-order valence-corrected chi connectivity index (χ0v) is 15.1. The molecule has 8 unspecified atom stereocenters. The van der Waals surface area contributed by atoms with Crippen molar-refractivity contribution in [3.05, 3.63) is 0 Å². The smallest absolute Gasteiger partial charge is 0.0329 e. The molecule has 0 amide bonds. The fourth-order valence-electron chi connectivity index (χ4n) is 6.55. The van der Waals surface area contributed by atoms with Crippen molar-refractivity contribution >= 4 is 0 Å². The van der Waals surface area contributed by atoms with Crippen LogP contribution in [-0.4, -0.2) is 0 Å². The van der Waals surface area contributed by atoms with Crippen molar-refractivity contribution in [1.29, 1.82) is 0 Å². The molecule has 3 saturated carbocycles. The van der Waals surface area contributed by atoms with E-state index in [4.69, 9.17) is 0 Å². The Morgan fingerprint density at radius 1 is 0.762 bits per heavy atom. The van der Waals surface area contributed by atoms with Crippen LogP contribution in [0.5, 0.6) is 0 Å².